The number of piperidine rings is 1. The molecule has 2 aromatic carbocycles. The number of ketones is 2. The number of aromatic nitrogens is 2. The van der Waals surface area contributed by atoms with Gasteiger partial charge in [0.15, 0.2) is 5.78 Å². The van der Waals surface area contributed by atoms with E-state index in [2.05, 4.69) is 10.5 Å². The summed E-state index contributed by atoms with van der Waals surface area (Å²) in [5.74, 6) is 0.423. The van der Waals surface area contributed by atoms with Crippen molar-refractivity contribution in [2.24, 2.45) is 11.8 Å². The topological polar surface area (TPSA) is 169 Å². The normalized spacial score (nSPS) is 15.2. The van der Waals surface area contributed by atoms with Gasteiger partial charge in [0, 0.05) is 30.9 Å². The second kappa shape index (κ2) is 21.4. The molecule has 1 unspecified atom stereocenters. The first kappa shape index (κ1) is 48.3. The van der Waals surface area contributed by atoms with Gasteiger partial charge in [-0.15, -0.1) is 12.4 Å². The average molecular weight is 799 g/mol. The highest BCUT2D eigenvalue weighted by Gasteiger charge is 2.48. The minimum absolute atomic E-state index is 0. The molecular formula is C38H54ClF3N6O7. The van der Waals surface area contributed by atoms with Crippen LogP contribution in [0.1, 0.15) is 71.8 Å². The summed E-state index contributed by atoms with van der Waals surface area (Å²) in [5.41, 5.74) is 6.59. The number of rotatable bonds is 3. The van der Waals surface area contributed by atoms with Crippen LogP contribution in [-0.2, 0) is 32.0 Å². The Balaban J connectivity index is 0.000000429. The molecule has 2 aliphatic rings. The number of carbonyl (C=O) groups excluding carboxylic acids is 4. The van der Waals surface area contributed by atoms with Gasteiger partial charge in [-0.2, -0.15) is 18.3 Å². The summed E-state index contributed by atoms with van der Waals surface area (Å²) in [5, 5.41) is 12.2. The zero-order valence-corrected chi connectivity index (χ0v) is 33.4. The highest BCUT2D eigenvalue weighted by atomic mass is 35.5. The molecule has 55 heavy (non-hydrogen) atoms. The number of nitrogens with zero attached hydrogens (tertiary/aromatic N) is 4. The van der Waals surface area contributed by atoms with Gasteiger partial charge in [0.1, 0.15) is 11.2 Å². The fourth-order valence-electron chi connectivity index (χ4n) is 5.18. The number of anilines is 1. The van der Waals surface area contributed by atoms with Gasteiger partial charge in [-0.05, 0) is 92.5 Å². The van der Waals surface area contributed by atoms with Crippen LogP contribution in [0.5, 0.6) is 0 Å². The van der Waals surface area contributed by atoms with Gasteiger partial charge < -0.3 is 29.8 Å². The number of nitrogens with one attached hydrogen (secondary N) is 1. The fraction of sp³-hybridized carbons (Fsp3) is 0.500. The van der Waals surface area contributed by atoms with Crippen LogP contribution >= 0.6 is 12.4 Å². The number of aliphatic hydroxyl groups is 1. The van der Waals surface area contributed by atoms with E-state index in [4.69, 9.17) is 20.4 Å². The third-order valence-electron chi connectivity index (χ3n) is 7.53. The fourth-order valence-corrected chi connectivity index (χ4v) is 5.18. The number of Topliss-reactive ketones (excluding diaryl/α,β-unsaturated/α-hetero) is 2. The number of ether oxygens (including phenoxy) is 2. The summed E-state index contributed by atoms with van der Waals surface area (Å²) < 4.78 is 49.3. The summed E-state index contributed by atoms with van der Waals surface area (Å²) in [6, 6.07) is 19.6. The molecule has 5 rings (SSSR count). The van der Waals surface area contributed by atoms with Crippen LogP contribution in [0.3, 0.4) is 0 Å². The van der Waals surface area contributed by atoms with Gasteiger partial charge in [0.05, 0.1) is 36.1 Å². The molecule has 1 fully saturated rings. The molecule has 4 N–H and O–H groups in total. The lowest BCUT2D eigenvalue weighted by molar-refractivity contribution is -0.178. The summed E-state index contributed by atoms with van der Waals surface area (Å²) in [6.07, 6.45) is -5.59. The number of aryl methyl sites for hydroxylation is 1. The number of alkyl halides is 3. The maximum atomic E-state index is 12.4. The van der Waals surface area contributed by atoms with E-state index in [0.29, 0.717) is 13.1 Å². The number of para-hydroxylation sites is 2. The highest BCUT2D eigenvalue weighted by molar-refractivity contribution is 6.06. The van der Waals surface area contributed by atoms with Crippen LogP contribution in [0.4, 0.5) is 28.4 Å². The van der Waals surface area contributed by atoms with Crippen molar-refractivity contribution in [1.29, 1.82) is 0 Å². The van der Waals surface area contributed by atoms with Crippen molar-refractivity contribution in [3.63, 3.8) is 0 Å². The van der Waals surface area contributed by atoms with Gasteiger partial charge >= 0.3 is 18.4 Å². The Kier molecular flexibility index (Phi) is 18.8. The number of nitrogens with two attached hydrogens (primary N) is 1. The zero-order chi connectivity index (χ0) is 40.9. The number of hydrogen-bond acceptors (Lipinski definition) is 10. The Labute approximate surface area is 326 Å². The molecular weight excluding hydrogens is 745 g/mol. The van der Waals surface area contributed by atoms with E-state index in [1.54, 1.807) is 32.6 Å². The number of amides is 2. The molecule has 1 atom stereocenters. The summed E-state index contributed by atoms with van der Waals surface area (Å²) in [4.78, 5) is 49.4. The molecule has 306 valence electrons. The van der Waals surface area contributed by atoms with Crippen molar-refractivity contribution < 1.29 is 46.9 Å². The van der Waals surface area contributed by atoms with E-state index in [0.717, 1.165) is 34.1 Å². The van der Waals surface area contributed by atoms with Gasteiger partial charge in [0.2, 0.25) is 5.78 Å². The molecule has 1 aromatic heterocycles. The number of nitrogen functional groups attached to an aromatic ring is 1. The van der Waals surface area contributed by atoms with Crippen molar-refractivity contribution in [1.82, 2.24) is 19.6 Å². The summed E-state index contributed by atoms with van der Waals surface area (Å²) >= 11 is 0. The maximum absolute atomic E-state index is 12.4. The molecule has 2 aliphatic heterocycles. The van der Waals surface area contributed by atoms with Crippen LogP contribution in [0.25, 0.3) is 5.69 Å². The van der Waals surface area contributed by atoms with E-state index in [-0.39, 0.29) is 38.1 Å². The van der Waals surface area contributed by atoms with Crippen LogP contribution < -0.4 is 11.3 Å². The van der Waals surface area contributed by atoms with Crippen molar-refractivity contribution in [3.05, 3.63) is 77.6 Å². The van der Waals surface area contributed by atoms with Gasteiger partial charge in [0.25, 0.3) is 0 Å². The molecule has 1 saturated heterocycles. The van der Waals surface area contributed by atoms with E-state index in [1.165, 1.54) is 5.56 Å². The van der Waals surface area contributed by atoms with Crippen molar-refractivity contribution in [3.8, 4) is 5.69 Å². The quantitative estimate of drug-likeness (QED) is 0.145. The van der Waals surface area contributed by atoms with Crippen LogP contribution in [-0.4, -0.2) is 92.1 Å². The lowest BCUT2D eigenvalue weighted by Gasteiger charge is -2.32. The average Bonchev–Trinajstić information content (AvgIpc) is 3.43. The standard InChI is InChI=1S/C18H23N3O2.C12H16F3NO4.C6H8N2.C2H6O.ClH/c1-13-15-10-11-20(17(22)23-18(2,3)4)12-16(15)21(19-13)14-8-6-5-7-9-14;1-11(2,3)20-10(19)16-5-4-7(8(17)6-16)9(18)12(13,14)15;7-8-6-4-2-1-3-5-6;1-2-3;/h5-9H,10-12H2,1-4H3;7H,4-6H2,1-3H3;1-5,8H,7H2;3H,2H2,1H3;1H. The molecule has 0 bridgehead atoms. The van der Waals surface area contributed by atoms with Crippen LogP contribution in [0, 0.1) is 12.8 Å². The molecule has 0 spiro atoms. The Morgan fingerprint density at radius 2 is 1.35 bits per heavy atom. The smallest absolute Gasteiger partial charge is 0.444 e. The number of likely N-dealkylation sites (tertiary alicyclic amines) is 1. The molecule has 0 saturated carbocycles. The van der Waals surface area contributed by atoms with Gasteiger partial charge in [-0.3, -0.25) is 15.4 Å². The van der Waals surface area contributed by atoms with Crippen molar-refractivity contribution in [2.45, 2.75) is 92.2 Å². The zero-order valence-electron chi connectivity index (χ0n) is 32.6. The Hall–Kier alpha value is -4.67. The van der Waals surface area contributed by atoms with E-state index >= 15 is 0 Å². The molecule has 0 radical (unpaired) electrons. The number of hydrogen-bond donors (Lipinski definition) is 3. The SMILES string of the molecule is CC(C)(C)OC(=O)N1CCC(C(=O)C(F)(F)F)C(=O)C1.CCO.Cc1nn(-c2ccccc2)c2c1CCN(C(=O)OC(C)(C)C)C2.Cl.NNc1ccccc1. The maximum Gasteiger partial charge on any atom is 0.450 e. The number of benzene rings is 2. The monoisotopic (exact) mass is 798 g/mol. The molecule has 2 amide bonds. The minimum atomic E-state index is -5.03. The Bertz CT molecular complexity index is 1680. The molecule has 17 heteroatoms. The van der Waals surface area contributed by atoms with Crippen LogP contribution in [0.15, 0.2) is 60.7 Å². The minimum Gasteiger partial charge on any atom is -0.444 e. The molecule has 3 heterocycles. The second-order valence-electron chi connectivity index (χ2n) is 14.3. The number of fused-ring (bicyclic) bond motifs is 1. The van der Waals surface area contributed by atoms with Crippen LogP contribution in [0.2, 0.25) is 0 Å². The Morgan fingerprint density at radius 1 is 0.873 bits per heavy atom. The first-order chi connectivity index (χ1) is 25.1. The Morgan fingerprint density at radius 3 is 1.76 bits per heavy atom. The highest BCUT2D eigenvalue weighted by Crippen LogP contribution is 2.28. The molecule has 13 nitrogen and oxygen atoms in total. The van der Waals surface area contributed by atoms with Crippen molar-refractivity contribution in [2.75, 3.05) is 31.7 Å². The van der Waals surface area contributed by atoms with E-state index in [1.807, 2.05) is 93.0 Å². The third-order valence-corrected chi connectivity index (χ3v) is 7.53. The number of aliphatic hydroxyl groups excluding tert-OH is 1. The molecule has 3 aromatic rings. The summed E-state index contributed by atoms with van der Waals surface area (Å²) in [6.45, 7) is 15.1. The predicted molar refractivity (Wildman–Crippen MR) is 205 cm³/mol. The number of carbonyl (C=O) groups is 4. The van der Waals surface area contributed by atoms with Gasteiger partial charge in [-0.25, -0.2) is 14.3 Å². The van der Waals surface area contributed by atoms with E-state index < -0.39 is 47.5 Å². The summed E-state index contributed by atoms with van der Waals surface area (Å²) in [7, 11) is 0. The molecule has 0 aliphatic carbocycles. The van der Waals surface area contributed by atoms with E-state index in [9.17, 15) is 32.3 Å². The first-order valence-electron chi connectivity index (χ1n) is 17.5. The lowest BCUT2D eigenvalue weighted by atomic mass is 9.91. The lowest BCUT2D eigenvalue weighted by Crippen LogP contribution is -2.50. The second-order valence-corrected chi connectivity index (χ2v) is 14.3. The number of hydrazine groups is 1. The largest absolute Gasteiger partial charge is 0.450 e. The number of halogens is 4. The predicted octanol–water partition coefficient (Wildman–Crippen LogP) is 6.81. The first-order valence-corrected chi connectivity index (χ1v) is 17.5. The third kappa shape index (κ3) is 15.9. The van der Waals surface area contributed by atoms with Crippen molar-refractivity contribution >= 4 is 41.8 Å². The van der Waals surface area contributed by atoms with Gasteiger partial charge in [-0.1, -0.05) is 36.4 Å².